The van der Waals surface area contributed by atoms with Crippen molar-refractivity contribution in [3.8, 4) is 0 Å². The molecule has 1 aromatic carbocycles. The fraction of sp³-hybridized carbons (Fsp3) is 0.286. The number of carbonyl (C=O) groups is 2. The Hall–Kier alpha value is -2.30. The molecule has 2 amide bonds. The van der Waals surface area contributed by atoms with Crippen molar-refractivity contribution in [1.29, 1.82) is 0 Å². The molecular formula is C14H15N3O2. The summed E-state index contributed by atoms with van der Waals surface area (Å²) in [6.45, 7) is 0.996. The molecule has 2 heterocycles. The number of nitrogens with one attached hydrogen (secondary N) is 2. The Bertz CT molecular complexity index is 641. The molecule has 5 heteroatoms. The van der Waals surface area contributed by atoms with Crippen molar-refractivity contribution in [3.05, 3.63) is 36.0 Å². The maximum atomic E-state index is 12.3. The summed E-state index contributed by atoms with van der Waals surface area (Å²) in [5.74, 6) is -0.0836. The number of hydrogen-bond donors (Lipinski definition) is 2. The van der Waals surface area contributed by atoms with Gasteiger partial charge in [0, 0.05) is 37.2 Å². The fourth-order valence-electron chi connectivity index (χ4n) is 2.43. The van der Waals surface area contributed by atoms with E-state index in [4.69, 9.17) is 0 Å². The third-order valence-electron chi connectivity index (χ3n) is 3.61. The summed E-state index contributed by atoms with van der Waals surface area (Å²) in [5, 5.41) is 3.53. The number of hydrogen-bond acceptors (Lipinski definition) is 2. The van der Waals surface area contributed by atoms with Crippen LogP contribution in [0.2, 0.25) is 0 Å². The average molecular weight is 257 g/mol. The van der Waals surface area contributed by atoms with Crippen molar-refractivity contribution < 1.29 is 9.59 Å². The van der Waals surface area contributed by atoms with Crippen LogP contribution in [0.1, 0.15) is 10.4 Å². The van der Waals surface area contributed by atoms with Crippen molar-refractivity contribution in [2.24, 2.45) is 5.92 Å². The number of fused-ring (bicyclic) bond motifs is 1. The molecule has 0 radical (unpaired) electrons. The number of H-pyrrole nitrogens is 1. The van der Waals surface area contributed by atoms with Crippen LogP contribution in [0.15, 0.2) is 30.5 Å². The van der Waals surface area contributed by atoms with Crippen LogP contribution in [0.4, 0.5) is 0 Å². The number of rotatable bonds is 2. The fourth-order valence-corrected chi connectivity index (χ4v) is 2.43. The first-order valence-electron chi connectivity index (χ1n) is 6.27. The van der Waals surface area contributed by atoms with Gasteiger partial charge in [-0.2, -0.15) is 0 Å². The lowest BCUT2D eigenvalue weighted by molar-refractivity contribution is -0.128. The average Bonchev–Trinajstić information content (AvgIpc) is 2.80. The van der Waals surface area contributed by atoms with Gasteiger partial charge in [-0.05, 0) is 6.07 Å². The van der Waals surface area contributed by atoms with Gasteiger partial charge in [0.1, 0.15) is 0 Å². The summed E-state index contributed by atoms with van der Waals surface area (Å²) in [6.07, 6.45) is 1.74. The smallest absolute Gasteiger partial charge is 0.256 e. The molecule has 5 nitrogen and oxygen atoms in total. The van der Waals surface area contributed by atoms with E-state index in [0.717, 1.165) is 10.9 Å². The van der Waals surface area contributed by atoms with Gasteiger partial charge < -0.3 is 15.2 Å². The SMILES string of the molecule is CNC(=O)C1CN(C(=O)c2c[nH]c3ccccc23)C1. The van der Waals surface area contributed by atoms with Gasteiger partial charge in [0.2, 0.25) is 5.91 Å². The Labute approximate surface area is 110 Å². The van der Waals surface area contributed by atoms with E-state index in [2.05, 4.69) is 10.3 Å². The lowest BCUT2D eigenvalue weighted by atomic mass is 9.98. The van der Waals surface area contributed by atoms with Gasteiger partial charge in [-0.25, -0.2) is 0 Å². The lowest BCUT2D eigenvalue weighted by Crippen LogP contribution is -2.55. The predicted octanol–water partition coefficient (Wildman–Crippen LogP) is 0.986. The maximum Gasteiger partial charge on any atom is 0.256 e. The number of aromatic nitrogens is 1. The normalized spacial score (nSPS) is 15.3. The number of nitrogens with zero attached hydrogens (tertiary/aromatic N) is 1. The molecule has 19 heavy (non-hydrogen) atoms. The maximum absolute atomic E-state index is 12.3. The van der Waals surface area contributed by atoms with Crippen LogP contribution in [0.3, 0.4) is 0 Å². The van der Waals surface area contributed by atoms with E-state index in [1.54, 1.807) is 18.1 Å². The molecule has 0 unspecified atom stereocenters. The second kappa shape index (κ2) is 4.42. The van der Waals surface area contributed by atoms with Gasteiger partial charge in [-0.1, -0.05) is 18.2 Å². The van der Waals surface area contributed by atoms with Crippen molar-refractivity contribution in [3.63, 3.8) is 0 Å². The van der Waals surface area contributed by atoms with E-state index in [0.29, 0.717) is 18.7 Å². The van der Waals surface area contributed by atoms with Gasteiger partial charge in [-0.15, -0.1) is 0 Å². The van der Waals surface area contributed by atoms with Crippen LogP contribution in [0.5, 0.6) is 0 Å². The van der Waals surface area contributed by atoms with Gasteiger partial charge >= 0.3 is 0 Å². The van der Waals surface area contributed by atoms with E-state index >= 15 is 0 Å². The summed E-state index contributed by atoms with van der Waals surface area (Å²) in [4.78, 5) is 28.5. The van der Waals surface area contributed by atoms with Gasteiger partial charge in [0.15, 0.2) is 0 Å². The van der Waals surface area contributed by atoms with E-state index in [1.807, 2.05) is 24.3 Å². The second-order valence-electron chi connectivity index (χ2n) is 4.77. The molecule has 1 fully saturated rings. The molecule has 0 bridgehead atoms. The Kier molecular flexibility index (Phi) is 2.74. The summed E-state index contributed by atoms with van der Waals surface area (Å²) in [6, 6.07) is 7.71. The minimum absolute atomic E-state index is 0.00276. The van der Waals surface area contributed by atoms with Crippen LogP contribution in [-0.2, 0) is 4.79 Å². The van der Waals surface area contributed by atoms with Crippen LogP contribution in [-0.4, -0.2) is 41.8 Å². The van der Waals surface area contributed by atoms with Crippen LogP contribution < -0.4 is 5.32 Å². The first kappa shape index (κ1) is 11.8. The molecule has 0 aliphatic carbocycles. The van der Waals surface area contributed by atoms with E-state index in [-0.39, 0.29) is 17.7 Å². The summed E-state index contributed by atoms with van der Waals surface area (Å²) in [5.41, 5.74) is 1.63. The zero-order valence-electron chi connectivity index (χ0n) is 10.6. The van der Waals surface area contributed by atoms with E-state index in [1.165, 1.54) is 0 Å². The number of likely N-dealkylation sites (tertiary alicyclic amines) is 1. The molecule has 0 spiro atoms. The molecule has 0 saturated carbocycles. The standard InChI is InChI=1S/C14H15N3O2/c1-15-13(18)9-7-17(8-9)14(19)11-6-16-12-5-3-2-4-10(11)12/h2-6,9,16H,7-8H2,1H3,(H,15,18). The Morgan fingerprint density at radius 3 is 2.79 bits per heavy atom. The second-order valence-corrected chi connectivity index (χ2v) is 4.77. The molecule has 1 aliphatic rings. The first-order chi connectivity index (χ1) is 9.20. The van der Waals surface area contributed by atoms with E-state index < -0.39 is 0 Å². The minimum Gasteiger partial charge on any atom is -0.360 e. The van der Waals surface area contributed by atoms with Crippen molar-refractivity contribution in [2.45, 2.75) is 0 Å². The van der Waals surface area contributed by atoms with Gasteiger partial charge in [-0.3, -0.25) is 9.59 Å². The largest absolute Gasteiger partial charge is 0.360 e. The van der Waals surface area contributed by atoms with E-state index in [9.17, 15) is 9.59 Å². The Morgan fingerprint density at radius 1 is 1.32 bits per heavy atom. The van der Waals surface area contributed by atoms with Gasteiger partial charge in [0.25, 0.3) is 5.91 Å². The number of para-hydroxylation sites is 1. The minimum atomic E-state index is -0.0702. The highest BCUT2D eigenvalue weighted by atomic mass is 16.2. The molecule has 0 atom stereocenters. The molecule has 1 aliphatic heterocycles. The molecule has 2 aromatic rings. The molecular weight excluding hydrogens is 242 g/mol. The molecule has 1 saturated heterocycles. The molecule has 98 valence electrons. The molecule has 2 N–H and O–H groups in total. The summed E-state index contributed by atoms with van der Waals surface area (Å²) in [7, 11) is 1.62. The Balaban J connectivity index is 1.77. The molecule has 1 aromatic heterocycles. The van der Waals surface area contributed by atoms with Gasteiger partial charge in [0.05, 0.1) is 11.5 Å². The predicted molar refractivity (Wildman–Crippen MR) is 71.8 cm³/mol. The zero-order chi connectivity index (χ0) is 13.4. The lowest BCUT2D eigenvalue weighted by Gasteiger charge is -2.37. The number of carbonyl (C=O) groups excluding carboxylic acids is 2. The van der Waals surface area contributed by atoms with Crippen LogP contribution in [0, 0.1) is 5.92 Å². The highest BCUT2D eigenvalue weighted by Gasteiger charge is 2.36. The quantitative estimate of drug-likeness (QED) is 0.842. The number of aromatic amines is 1. The highest BCUT2D eigenvalue weighted by Crippen LogP contribution is 2.23. The van der Waals surface area contributed by atoms with Crippen LogP contribution in [0.25, 0.3) is 10.9 Å². The monoisotopic (exact) mass is 257 g/mol. The van der Waals surface area contributed by atoms with Crippen molar-refractivity contribution in [2.75, 3.05) is 20.1 Å². The highest BCUT2D eigenvalue weighted by molar-refractivity contribution is 6.07. The third kappa shape index (κ3) is 1.87. The van der Waals surface area contributed by atoms with Crippen molar-refractivity contribution in [1.82, 2.24) is 15.2 Å². The third-order valence-corrected chi connectivity index (χ3v) is 3.61. The van der Waals surface area contributed by atoms with Crippen molar-refractivity contribution >= 4 is 22.7 Å². The number of amides is 2. The molecule has 3 rings (SSSR count). The zero-order valence-corrected chi connectivity index (χ0v) is 10.6. The summed E-state index contributed by atoms with van der Waals surface area (Å²) >= 11 is 0. The van der Waals surface area contributed by atoms with Crippen LogP contribution >= 0.6 is 0 Å². The Morgan fingerprint density at radius 2 is 2.05 bits per heavy atom. The summed E-state index contributed by atoms with van der Waals surface area (Å²) < 4.78 is 0. The first-order valence-corrected chi connectivity index (χ1v) is 6.27. The number of benzene rings is 1. The topological polar surface area (TPSA) is 65.2 Å².